The molecule has 0 fully saturated rings. The van der Waals surface area contributed by atoms with Crippen molar-refractivity contribution in [2.45, 2.75) is 125 Å². The second-order valence-electron chi connectivity index (χ2n) is 15.8. The van der Waals surface area contributed by atoms with Crippen molar-refractivity contribution in [1.29, 1.82) is 0 Å². The van der Waals surface area contributed by atoms with Crippen molar-refractivity contribution < 1.29 is 20.1 Å². The summed E-state index contributed by atoms with van der Waals surface area (Å²) in [5.74, 6) is 0.769. The van der Waals surface area contributed by atoms with Gasteiger partial charge in [-0.25, -0.2) is 0 Å². The van der Waals surface area contributed by atoms with Gasteiger partial charge in [-0.15, -0.1) is 0 Å². The van der Waals surface area contributed by atoms with Crippen molar-refractivity contribution in [2.24, 2.45) is 5.41 Å². The molecule has 4 heteroatoms. The van der Waals surface area contributed by atoms with Crippen molar-refractivity contribution >= 4 is 0 Å². The predicted molar refractivity (Wildman–Crippen MR) is 164 cm³/mol. The highest BCUT2D eigenvalue weighted by Crippen LogP contribution is 2.50. The maximum Gasteiger partial charge on any atom is 0.137 e. The Morgan fingerprint density at radius 1 is 0.538 bits per heavy atom. The Morgan fingerprint density at radius 3 is 1.08 bits per heavy atom. The van der Waals surface area contributed by atoms with Gasteiger partial charge in [0.05, 0.1) is 25.2 Å². The summed E-state index contributed by atoms with van der Waals surface area (Å²) in [4.78, 5) is 0. The van der Waals surface area contributed by atoms with E-state index in [0.717, 1.165) is 44.7 Å². The van der Waals surface area contributed by atoms with Crippen LogP contribution in [0.2, 0.25) is 0 Å². The first-order chi connectivity index (χ1) is 17.5. The lowest BCUT2D eigenvalue weighted by Crippen LogP contribution is -2.45. The molecule has 0 aliphatic rings. The van der Waals surface area contributed by atoms with Crippen LogP contribution in [0.15, 0.2) is 24.3 Å². The number of aryl methyl sites for hydroxylation is 2. The first kappa shape index (κ1) is 33.3. The molecule has 0 aliphatic carbocycles. The van der Waals surface area contributed by atoms with Gasteiger partial charge in [0.2, 0.25) is 0 Å². The van der Waals surface area contributed by atoms with E-state index < -0.39 is 31.3 Å². The molecule has 0 heterocycles. The van der Waals surface area contributed by atoms with Crippen molar-refractivity contribution in [3.05, 3.63) is 63.2 Å². The summed E-state index contributed by atoms with van der Waals surface area (Å²) in [5, 5.41) is 32.5. The standard InChI is InChI=1S/C35H56O4/c1-22-15-24(31(3,4)5)28(25(16-22)32(6,7)8)30(35(19-36,20-37)21-38)39-29-26(33(9,10)11)17-23(2)18-27(29)34(12,13)14/h15-18,30,36-38H,19-21H2,1-14H3. The maximum absolute atomic E-state index is 10.8. The normalized spacial score (nSPS) is 14.5. The Morgan fingerprint density at radius 2 is 0.821 bits per heavy atom. The molecule has 0 radical (unpaired) electrons. The zero-order chi connectivity index (χ0) is 30.4. The zero-order valence-corrected chi connectivity index (χ0v) is 27.3. The molecule has 0 aromatic heterocycles. The molecule has 39 heavy (non-hydrogen) atoms. The van der Waals surface area contributed by atoms with Gasteiger partial charge in [-0.1, -0.05) is 118 Å². The molecule has 4 nitrogen and oxygen atoms in total. The smallest absolute Gasteiger partial charge is 0.137 e. The quantitative estimate of drug-likeness (QED) is 0.339. The van der Waals surface area contributed by atoms with Crippen LogP contribution in [0.4, 0.5) is 0 Å². The first-order valence-electron chi connectivity index (χ1n) is 14.3. The van der Waals surface area contributed by atoms with E-state index in [9.17, 15) is 15.3 Å². The average molecular weight is 541 g/mol. The first-order valence-corrected chi connectivity index (χ1v) is 14.3. The molecule has 0 saturated carbocycles. The van der Waals surface area contributed by atoms with E-state index in [4.69, 9.17) is 4.74 Å². The van der Waals surface area contributed by atoms with Gasteiger partial charge in [-0.3, -0.25) is 0 Å². The van der Waals surface area contributed by atoms with Crippen molar-refractivity contribution in [1.82, 2.24) is 0 Å². The minimum Gasteiger partial charge on any atom is -0.484 e. The zero-order valence-electron chi connectivity index (χ0n) is 27.3. The highest BCUT2D eigenvalue weighted by Gasteiger charge is 2.46. The monoisotopic (exact) mass is 540 g/mol. The van der Waals surface area contributed by atoms with Gasteiger partial charge in [0.15, 0.2) is 0 Å². The molecule has 0 saturated heterocycles. The maximum atomic E-state index is 10.8. The van der Waals surface area contributed by atoms with Gasteiger partial charge in [-0.2, -0.15) is 0 Å². The van der Waals surface area contributed by atoms with Crippen molar-refractivity contribution in [3.63, 3.8) is 0 Å². The Hall–Kier alpha value is -1.88. The van der Waals surface area contributed by atoms with Gasteiger partial charge in [0, 0.05) is 16.7 Å². The topological polar surface area (TPSA) is 69.9 Å². The molecule has 1 unspecified atom stereocenters. The Bertz CT molecular complexity index is 1060. The molecular weight excluding hydrogens is 484 g/mol. The Kier molecular flexibility index (Phi) is 9.56. The van der Waals surface area contributed by atoms with Gasteiger partial charge >= 0.3 is 0 Å². The highest BCUT2D eigenvalue weighted by molar-refractivity contribution is 5.53. The Labute approximate surface area is 238 Å². The summed E-state index contributed by atoms with van der Waals surface area (Å²) in [6.07, 6.45) is -0.800. The van der Waals surface area contributed by atoms with E-state index >= 15 is 0 Å². The third kappa shape index (κ3) is 7.07. The largest absolute Gasteiger partial charge is 0.484 e. The Balaban J connectivity index is 3.19. The molecule has 0 spiro atoms. The van der Waals surface area contributed by atoms with Gasteiger partial charge in [0.25, 0.3) is 0 Å². The number of hydrogen-bond acceptors (Lipinski definition) is 4. The molecule has 0 amide bonds. The predicted octanol–water partition coefficient (Wildman–Crippen LogP) is 7.58. The SMILES string of the molecule is Cc1cc(C(C)(C)C)c(OC(c2c(C(C)(C)C)cc(C)cc2C(C)(C)C)C(CO)(CO)CO)c(C(C)(C)C)c1. The number of benzene rings is 2. The van der Waals surface area contributed by atoms with Crippen LogP contribution in [0.1, 0.15) is 128 Å². The van der Waals surface area contributed by atoms with Crippen LogP contribution in [-0.4, -0.2) is 35.1 Å². The van der Waals surface area contributed by atoms with E-state index in [1.165, 1.54) is 0 Å². The second kappa shape index (κ2) is 11.2. The minimum atomic E-state index is -1.32. The van der Waals surface area contributed by atoms with Crippen LogP contribution in [0.3, 0.4) is 0 Å². The van der Waals surface area contributed by atoms with E-state index in [-0.39, 0.29) is 21.7 Å². The van der Waals surface area contributed by atoms with Crippen LogP contribution in [0.25, 0.3) is 0 Å². The summed E-state index contributed by atoms with van der Waals surface area (Å²) < 4.78 is 7.24. The molecule has 1 atom stereocenters. The number of rotatable bonds is 7. The number of hydrogen-bond donors (Lipinski definition) is 3. The fourth-order valence-corrected chi connectivity index (χ4v) is 5.34. The third-order valence-corrected chi connectivity index (χ3v) is 7.79. The number of aliphatic hydroxyl groups is 3. The summed E-state index contributed by atoms with van der Waals surface area (Å²) in [7, 11) is 0. The molecule has 2 aromatic carbocycles. The van der Waals surface area contributed by atoms with Crippen molar-refractivity contribution in [3.8, 4) is 5.75 Å². The van der Waals surface area contributed by atoms with Crippen LogP contribution in [-0.2, 0) is 21.7 Å². The van der Waals surface area contributed by atoms with E-state index in [1.807, 2.05) is 0 Å². The van der Waals surface area contributed by atoms with Gasteiger partial charge < -0.3 is 20.1 Å². The third-order valence-electron chi connectivity index (χ3n) is 7.79. The molecular formula is C35H56O4. The lowest BCUT2D eigenvalue weighted by molar-refractivity contribution is -0.0761. The highest BCUT2D eigenvalue weighted by atomic mass is 16.5. The lowest BCUT2D eigenvalue weighted by atomic mass is 9.69. The summed E-state index contributed by atoms with van der Waals surface area (Å²) >= 11 is 0. The van der Waals surface area contributed by atoms with Gasteiger partial charge in [-0.05, 0) is 46.6 Å². The second-order valence-corrected chi connectivity index (χ2v) is 15.8. The minimum absolute atomic E-state index is 0.223. The molecule has 220 valence electrons. The summed E-state index contributed by atoms with van der Waals surface area (Å²) in [6.45, 7) is 29.1. The van der Waals surface area contributed by atoms with Gasteiger partial charge in [0.1, 0.15) is 11.9 Å². The fourth-order valence-electron chi connectivity index (χ4n) is 5.34. The summed E-state index contributed by atoms with van der Waals surface area (Å²) in [6, 6.07) is 8.76. The van der Waals surface area contributed by atoms with Crippen molar-refractivity contribution in [2.75, 3.05) is 19.8 Å². The van der Waals surface area contributed by atoms with E-state index in [0.29, 0.717) is 0 Å². The van der Waals surface area contributed by atoms with Crippen LogP contribution in [0, 0.1) is 19.3 Å². The fraction of sp³-hybridized carbons (Fsp3) is 0.657. The molecule has 0 aliphatic heterocycles. The molecule has 2 rings (SSSR count). The summed E-state index contributed by atoms with van der Waals surface area (Å²) in [5.41, 5.74) is 5.33. The average Bonchev–Trinajstić information content (AvgIpc) is 2.77. The molecule has 3 N–H and O–H groups in total. The number of ether oxygens (including phenoxy) is 1. The van der Waals surface area contributed by atoms with Crippen LogP contribution >= 0.6 is 0 Å². The van der Waals surface area contributed by atoms with Crippen LogP contribution < -0.4 is 4.74 Å². The van der Waals surface area contributed by atoms with E-state index in [1.54, 1.807) is 0 Å². The van der Waals surface area contributed by atoms with E-state index in [2.05, 4.69) is 121 Å². The lowest BCUT2D eigenvalue weighted by Gasteiger charge is -2.43. The number of aliphatic hydroxyl groups excluding tert-OH is 3. The molecule has 0 bridgehead atoms. The van der Waals surface area contributed by atoms with Crippen LogP contribution in [0.5, 0.6) is 5.75 Å². The molecule has 2 aromatic rings.